The molecule has 0 aromatic rings. The van der Waals surface area contributed by atoms with Crippen LogP contribution in [0.1, 0.15) is 0 Å². The lowest BCUT2D eigenvalue weighted by Gasteiger charge is -2.02. The van der Waals surface area contributed by atoms with Crippen LogP contribution in [0.2, 0.25) is 0 Å². The maximum absolute atomic E-state index is 8.42. The molecule has 0 radical (unpaired) electrons. The van der Waals surface area contributed by atoms with Gasteiger partial charge in [-0.3, -0.25) is 0 Å². The Labute approximate surface area is 186 Å². The summed E-state index contributed by atoms with van der Waals surface area (Å²) >= 11 is 14.4. The van der Waals surface area contributed by atoms with Gasteiger partial charge in [0, 0.05) is 34.4 Å². The first-order valence-corrected chi connectivity index (χ1v) is 14.7. The number of thioether (sulfide) groups is 8. The maximum atomic E-state index is 8.42. The van der Waals surface area contributed by atoms with Crippen molar-refractivity contribution >= 4 is 94.1 Å². The van der Waals surface area contributed by atoms with Gasteiger partial charge in [0.2, 0.25) is 0 Å². The lowest BCUT2D eigenvalue weighted by atomic mass is 10.8. The van der Waals surface area contributed by atoms with E-state index in [9.17, 15) is 0 Å². The summed E-state index contributed by atoms with van der Waals surface area (Å²) in [5.41, 5.74) is 16.8. The van der Waals surface area contributed by atoms with Crippen molar-refractivity contribution in [2.24, 2.45) is 10.2 Å². The molecule has 2 heterocycles. The highest BCUT2D eigenvalue weighted by Gasteiger charge is 2.29. The van der Waals surface area contributed by atoms with Crippen LogP contribution in [0.4, 0.5) is 0 Å². The summed E-state index contributed by atoms with van der Waals surface area (Å²) in [6, 6.07) is 0. The molecule has 0 amide bonds. The van der Waals surface area contributed by atoms with E-state index in [1.165, 1.54) is 25.4 Å². The fraction of sp³-hybridized carbons (Fsp3) is 0.500. The summed E-state index contributed by atoms with van der Waals surface area (Å²) in [5, 5.41) is 7.22. The minimum Gasteiger partial charge on any atom is -0.121 e. The summed E-state index contributed by atoms with van der Waals surface area (Å²) in [5.74, 6) is 1.53. The smallest absolute Gasteiger partial charge is 0.0717 e. The monoisotopic (exact) mass is 498 g/mol. The van der Waals surface area contributed by atoms with Gasteiger partial charge in [0.25, 0.3) is 0 Å². The summed E-state index contributed by atoms with van der Waals surface area (Å²) in [4.78, 5) is 5.62. The van der Waals surface area contributed by atoms with Crippen LogP contribution < -0.4 is 0 Å². The molecule has 0 saturated heterocycles. The Balaban J connectivity index is 2.06. The van der Waals surface area contributed by atoms with E-state index >= 15 is 0 Å². The lowest BCUT2D eigenvalue weighted by molar-refractivity contribution is 1.12. The first kappa shape index (κ1) is 22.9. The molecule has 0 aromatic heterocycles. The Hall–Kier alpha value is 0.640. The molecule has 2 aliphatic heterocycles. The van der Waals surface area contributed by atoms with E-state index in [0.717, 1.165) is 11.5 Å². The molecule has 0 aliphatic carbocycles. The molecule has 14 heteroatoms. The van der Waals surface area contributed by atoms with Gasteiger partial charge >= 0.3 is 0 Å². The molecule has 2 aliphatic rings. The third-order valence-corrected chi connectivity index (χ3v) is 13.8. The van der Waals surface area contributed by atoms with Gasteiger partial charge in [-0.15, -0.1) is 47.0 Å². The maximum Gasteiger partial charge on any atom is 0.0717 e. The Morgan fingerprint density at radius 1 is 0.731 bits per heavy atom. The number of nitrogens with zero attached hydrogens (tertiary/aromatic N) is 6. The zero-order valence-corrected chi connectivity index (χ0v) is 20.3. The first-order valence-electron chi connectivity index (χ1n) is 7.03. The Morgan fingerprint density at radius 2 is 1.12 bits per heavy atom. The van der Waals surface area contributed by atoms with E-state index in [1.807, 2.05) is 23.5 Å². The number of hydrogen-bond donors (Lipinski definition) is 0. The van der Waals surface area contributed by atoms with E-state index in [0.29, 0.717) is 13.1 Å². The van der Waals surface area contributed by atoms with Crippen molar-refractivity contribution in [2.75, 3.05) is 37.1 Å². The van der Waals surface area contributed by atoms with Gasteiger partial charge in [-0.25, -0.2) is 0 Å². The molecule has 0 bridgehead atoms. The molecule has 6 nitrogen and oxygen atoms in total. The SMILES string of the molecule is CSC1=C(SC)SC(=C2SC(SCCN=[N+]=[N-])=C(SCCN=[N+]=[N-])S2)S1. The molecule has 0 aromatic carbocycles. The van der Waals surface area contributed by atoms with Crippen LogP contribution >= 0.6 is 94.1 Å². The molecular formula is C12H14N6S8. The standard InChI is InChI=1S/C12H14N6S8/c1-19-7-8(20-2)24-11(23-7)12-25-9(21-5-3-15-17-13)10(26-12)22-6-4-16-18-14/h3-6H2,1-2H3. The van der Waals surface area contributed by atoms with Crippen molar-refractivity contribution in [3.8, 4) is 0 Å². The first-order chi connectivity index (χ1) is 12.7. The molecule has 26 heavy (non-hydrogen) atoms. The predicted octanol–water partition coefficient (Wildman–Crippen LogP) is 8.14. The van der Waals surface area contributed by atoms with Crippen LogP contribution in [0.15, 0.2) is 35.7 Å². The van der Waals surface area contributed by atoms with Gasteiger partial charge in [-0.1, -0.05) is 57.3 Å². The quantitative estimate of drug-likeness (QED) is 0.129. The minimum atomic E-state index is 0.483. The molecular weight excluding hydrogens is 485 g/mol. The summed E-state index contributed by atoms with van der Waals surface area (Å²) in [6.45, 7) is 0.966. The van der Waals surface area contributed by atoms with Gasteiger partial charge < -0.3 is 0 Å². The van der Waals surface area contributed by atoms with Gasteiger partial charge in [0.1, 0.15) is 0 Å². The highest BCUT2D eigenvalue weighted by molar-refractivity contribution is 8.45. The highest BCUT2D eigenvalue weighted by atomic mass is 32.3. The van der Waals surface area contributed by atoms with Crippen LogP contribution in [-0.2, 0) is 0 Å². The van der Waals surface area contributed by atoms with Crippen LogP contribution in [0.3, 0.4) is 0 Å². The number of hydrogen-bond acceptors (Lipinski definition) is 10. The Bertz CT molecular complexity index is 663. The molecule has 0 unspecified atom stereocenters. The topological polar surface area (TPSA) is 97.5 Å². The number of azide groups is 2. The third-order valence-electron chi connectivity index (χ3n) is 2.59. The summed E-state index contributed by atoms with van der Waals surface area (Å²) in [7, 11) is 0. The normalized spacial score (nSPS) is 17.0. The fourth-order valence-electron chi connectivity index (χ4n) is 1.59. The molecule has 2 rings (SSSR count). The Kier molecular flexibility index (Phi) is 11.4. The van der Waals surface area contributed by atoms with Crippen molar-refractivity contribution < 1.29 is 0 Å². The zero-order chi connectivity index (χ0) is 18.8. The van der Waals surface area contributed by atoms with Crippen LogP contribution in [0, 0.1) is 0 Å². The van der Waals surface area contributed by atoms with Gasteiger partial charge in [0.05, 0.1) is 25.4 Å². The largest absolute Gasteiger partial charge is 0.121 e. The molecule has 0 fully saturated rings. The molecule has 140 valence electrons. The molecule has 0 N–H and O–H groups in total. The third kappa shape index (κ3) is 6.91. The number of rotatable bonds is 10. The second-order valence-electron chi connectivity index (χ2n) is 4.15. The molecule has 0 saturated carbocycles. The van der Waals surface area contributed by atoms with E-state index in [4.69, 9.17) is 11.1 Å². The van der Waals surface area contributed by atoms with Gasteiger partial charge in [-0.2, -0.15) is 0 Å². The highest BCUT2D eigenvalue weighted by Crippen LogP contribution is 2.65. The lowest BCUT2D eigenvalue weighted by Crippen LogP contribution is -1.85. The van der Waals surface area contributed by atoms with Crippen molar-refractivity contribution in [3.05, 3.63) is 46.3 Å². The Morgan fingerprint density at radius 3 is 1.46 bits per heavy atom. The van der Waals surface area contributed by atoms with Gasteiger partial charge in [-0.05, 0) is 23.6 Å². The van der Waals surface area contributed by atoms with E-state index in [2.05, 4.69) is 32.6 Å². The van der Waals surface area contributed by atoms with E-state index < -0.39 is 0 Å². The minimum absolute atomic E-state index is 0.483. The van der Waals surface area contributed by atoms with Gasteiger partial charge in [0.15, 0.2) is 0 Å². The van der Waals surface area contributed by atoms with Crippen molar-refractivity contribution in [1.29, 1.82) is 0 Å². The summed E-state index contributed by atoms with van der Waals surface area (Å²) in [6.07, 6.45) is 4.24. The van der Waals surface area contributed by atoms with Crippen LogP contribution in [-0.4, -0.2) is 37.1 Å². The van der Waals surface area contributed by atoms with Crippen LogP contribution in [0.25, 0.3) is 20.9 Å². The average molecular weight is 499 g/mol. The van der Waals surface area contributed by atoms with E-state index in [-0.39, 0.29) is 0 Å². The summed E-state index contributed by atoms with van der Waals surface area (Å²) < 4.78 is 7.89. The van der Waals surface area contributed by atoms with Crippen molar-refractivity contribution in [2.45, 2.75) is 0 Å². The second-order valence-corrected chi connectivity index (χ2v) is 13.6. The predicted molar refractivity (Wildman–Crippen MR) is 131 cm³/mol. The second kappa shape index (κ2) is 13.0. The average Bonchev–Trinajstić information content (AvgIpc) is 3.26. The molecule has 0 atom stereocenters. The van der Waals surface area contributed by atoms with E-state index in [1.54, 1.807) is 70.6 Å². The fourth-order valence-corrected chi connectivity index (χ4v) is 12.5. The van der Waals surface area contributed by atoms with Crippen LogP contribution in [0.5, 0.6) is 0 Å². The van der Waals surface area contributed by atoms with Crippen molar-refractivity contribution in [1.82, 2.24) is 0 Å². The molecule has 0 spiro atoms. The zero-order valence-electron chi connectivity index (χ0n) is 13.8. The van der Waals surface area contributed by atoms with Crippen molar-refractivity contribution in [3.63, 3.8) is 0 Å².